The van der Waals surface area contributed by atoms with Crippen molar-refractivity contribution in [2.45, 2.75) is 31.2 Å². The molecule has 2 aromatic carbocycles. The number of nitrogens with one attached hydrogen (secondary N) is 2. The third-order valence-electron chi connectivity index (χ3n) is 7.28. The molecular formula is C31H34Br4N4O9. The lowest BCUT2D eigenvalue weighted by molar-refractivity contribution is -0.225. The first-order valence-corrected chi connectivity index (χ1v) is 17.6. The van der Waals surface area contributed by atoms with Crippen molar-refractivity contribution >= 4 is 87.1 Å². The first-order chi connectivity index (χ1) is 22.9. The van der Waals surface area contributed by atoms with Gasteiger partial charge in [0.05, 0.1) is 53.5 Å². The number of oxime groups is 1. The highest BCUT2D eigenvalue weighted by molar-refractivity contribution is 9.12. The topological polar surface area (TPSA) is 149 Å². The van der Waals surface area contributed by atoms with Gasteiger partial charge in [-0.15, -0.1) is 0 Å². The lowest BCUT2D eigenvalue weighted by Crippen LogP contribution is -2.49. The number of anilines is 1. The minimum absolute atomic E-state index is 0.0472. The highest BCUT2D eigenvalue weighted by Crippen LogP contribution is 2.41. The predicted octanol–water partition coefficient (Wildman–Crippen LogP) is 6.17. The van der Waals surface area contributed by atoms with E-state index in [2.05, 4.69) is 79.5 Å². The number of allylic oxidation sites excluding steroid dienone is 1. The number of rotatable bonds is 13. The zero-order chi connectivity index (χ0) is 35.0. The molecule has 2 aliphatic rings. The summed E-state index contributed by atoms with van der Waals surface area (Å²) in [5.41, 5.74) is 1.28. The molecule has 2 aromatic rings. The Kier molecular flexibility index (Phi) is 13.5. The van der Waals surface area contributed by atoms with Gasteiger partial charge >= 0.3 is 11.8 Å². The van der Waals surface area contributed by atoms with E-state index in [0.29, 0.717) is 63.7 Å². The number of likely N-dealkylation sites (N-methyl/N-ethyl adjacent to an activating group) is 1. The molecule has 0 bridgehead atoms. The molecule has 0 fully saturated rings. The van der Waals surface area contributed by atoms with E-state index < -0.39 is 17.8 Å². The number of aliphatic hydroxyl groups excluding tert-OH is 1. The number of carbonyl (C=O) groups excluding carboxylic acids is 2. The van der Waals surface area contributed by atoms with Crippen molar-refractivity contribution in [3.05, 3.63) is 65.8 Å². The van der Waals surface area contributed by atoms with Gasteiger partial charge in [-0.3, -0.25) is 4.79 Å². The molecule has 1 spiro atoms. The number of nitrogens with zero attached hydrogens (tertiary/aromatic N) is 2. The largest absolute Gasteiger partial charge is 0.495 e. The molecule has 0 aliphatic carbocycles. The van der Waals surface area contributed by atoms with Gasteiger partial charge in [-0.25, -0.2) is 4.79 Å². The molecule has 0 unspecified atom stereocenters. The second kappa shape index (κ2) is 17.1. The van der Waals surface area contributed by atoms with Crippen molar-refractivity contribution in [2.24, 2.45) is 5.16 Å². The Balaban J connectivity index is 1.23. The summed E-state index contributed by atoms with van der Waals surface area (Å²) in [6.45, 7) is 0.999. The average molecular weight is 926 g/mol. The summed E-state index contributed by atoms with van der Waals surface area (Å²) in [4.78, 5) is 32.6. The molecule has 4 rings (SSSR count). The molecule has 0 saturated carbocycles. The van der Waals surface area contributed by atoms with Crippen molar-refractivity contribution in [3.63, 3.8) is 0 Å². The molecule has 3 N–H and O–H groups in total. The van der Waals surface area contributed by atoms with Gasteiger partial charge in [0.1, 0.15) is 17.8 Å². The van der Waals surface area contributed by atoms with Gasteiger partial charge in [-0.1, -0.05) is 27.2 Å². The number of hydrogen-bond donors (Lipinski definition) is 3. The van der Waals surface area contributed by atoms with Crippen LogP contribution in [0.4, 0.5) is 10.5 Å². The van der Waals surface area contributed by atoms with E-state index >= 15 is 0 Å². The Morgan fingerprint density at radius 3 is 2.48 bits per heavy atom. The molecule has 13 nitrogen and oxygen atoms in total. The van der Waals surface area contributed by atoms with E-state index in [1.807, 2.05) is 12.1 Å². The molecule has 48 heavy (non-hydrogen) atoms. The van der Waals surface area contributed by atoms with Gasteiger partial charge in [-0.2, -0.15) is 0 Å². The molecule has 3 amide bonds. The van der Waals surface area contributed by atoms with E-state index in [1.165, 1.54) is 27.6 Å². The van der Waals surface area contributed by atoms with Gasteiger partial charge < -0.3 is 49.2 Å². The summed E-state index contributed by atoms with van der Waals surface area (Å²) in [6.07, 6.45) is 0.975. The Labute approximate surface area is 311 Å². The van der Waals surface area contributed by atoms with E-state index in [0.717, 1.165) is 14.5 Å². The van der Waals surface area contributed by atoms with Gasteiger partial charge in [0, 0.05) is 24.6 Å². The molecule has 17 heteroatoms. The predicted molar refractivity (Wildman–Crippen MR) is 193 cm³/mol. The van der Waals surface area contributed by atoms with E-state index in [4.69, 9.17) is 28.5 Å². The van der Waals surface area contributed by atoms with Crippen molar-refractivity contribution in [1.29, 1.82) is 0 Å². The lowest BCUT2D eigenvalue weighted by atomic mass is 10.0. The summed E-state index contributed by atoms with van der Waals surface area (Å²) in [5.74, 6) is -0.172. The second-order valence-electron chi connectivity index (χ2n) is 10.5. The fourth-order valence-electron chi connectivity index (χ4n) is 4.72. The van der Waals surface area contributed by atoms with Crippen molar-refractivity contribution < 1.29 is 43.2 Å². The number of methoxy groups -OCH3 is 3. The van der Waals surface area contributed by atoms with Crippen LogP contribution in [0.3, 0.4) is 0 Å². The summed E-state index contributed by atoms with van der Waals surface area (Å²) < 4.78 is 30.2. The van der Waals surface area contributed by atoms with Crippen LogP contribution in [0.5, 0.6) is 17.2 Å². The molecule has 0 radical (unpaired) electrons. The number of halogens is 4. The van der Waals surface area contributed by atoms with Gasteiger partial charge in [0.25, 0.3) is 5.91 Å². The highest BCUT2D eigenvalue weighted by Gasteiger charge is 2.54. The molecule has 2 aliphatic heterocycles. The Hall–Kier alpha value is -2.99. The Bertz CT molecular complexity index is 1600. The second-order valence-corrected chi connectivity index (χ2v) is 14.0. The maximum atomic E-state index is 12.8. The number of carbonyl (C=O) groups is 2. The molecule has 260 valence electrons. The smallest absolute Gasteiger partial charge is 0.321 e. The van der Waals surface area contributed by atoms with E-state index in [-0.39, 0.29) is 24.7 Å². The van der Waals surface area contributed by atoms with Gasteiger partial charge in [0.2, 0.25) is 0 Å². The van der Waals surface area contributed by atoms with Crippen LogP contribution in [-0.2, 0) is 25.5 Å². The van der Waals surface area contributed by atoms with Crippen molar-refractivity contribution in [2.75, 3.05) is 53.4 Å². The number of para-hydroxylation sites is 1. The maximum absolute atomic E-state index is 12.8. The third-order valence-corrected chi connectivity index (χ3v) is 9.64. The van der Waals surface area contributed by atoms with Crippen LogP contribution in [0.1, 0.15) is 18.4 Å². The van der Waals surface area contributed by atoms with Crippen LogP contribution in [0.2, 0.25) is 0 Å². The molecular weight excluding hydrogens is 892 g/mol. The number of amides is 3. The zero-order valence-electron chi connectivity index (χ0n) is 26.4. The SMILES string of the molecule is COC1=C(Br)C[C@@]2(OC=C1Br)ON=C(C(=O)NCCCOc1c(Br)cc(CCN(C)C(=O)Nc3cccc(OC)c3OC)cc1Br)[C@H]2O. The number of hydrogen-bond acceptors (Lipinski definition) is 10. The Morgan fingerprint density at radius 1 is 1.08 bits per heavy atom. The third kappa shape index (κ3) is 8.77. The first kappa shape index (κ1) is 37.8. The van der Waals surface area contributed by atoms with Crippen LogP contribution in [0, 0.1) is 0 Å². The summed E-state index contributed by atoms with van der Waals surface area (Å²) in [5, 5.41) is 20.3. The highest BCUT2D eigenvalue weighted by atomic mass is 79.9. The molecule has 2 atom stereocenters. The Morgan fingerprint density at radius 2 is 1.81 bits per heavy atom. The quantitative estimate of drug-likeness (QED) is 0.201. The monoisotopic (exact) mass is 922 g/mol. The minimum atomic E-state index is -1.62. The number of ether oxygens (including phenoxy) is 5. The summed E-state index contributed by atoms with van der Waals surface area (Å²) in [6, 6.07) is 8.84. The summed E-state index contributed by atoms with van der Waals surface area (Å²) in [7, 11) is 6.26. The zero-order valence-corrected chi connectivity index (χ0v) is 32.7. The lowest BCUT2D eigenvalue weighted by Gasteiger charge is -2.27. The fraction of sp³-hybridized carbons (Fsp3) is 0.387. The first-order valence-electron chi connectivity index (χ1n) is 14.5. The average Bonchev–Trinajstić information content (AvgIpc) is 3.31. The minimum Gasteiger partial charge on any atom is -0.495 e. The normalized spacial score (nSPS) is 18.6. The number of benzene rings is 2. The fourth-order valence-corrected chi connectivity index (χ4v) is 7.76. The molecule has 0 saturated heterocycles. The molecule has 2 heterocycles. The van der Waals surface area contributed by atoms with Gasteiger partial charge in [-0.05, 0) is 90.5 Å². The standard InChI is InChI=1S/C31H34Br4N4O9/c1-39(30(42)37-22-7-5-8-23(43-2)27(22)45-4)11-9-17-13-18(32)26(19(33)14-17)46-12-6-10-36-29(41)24-28(40)31(48-38-24)15-20(34)25(44-3)21(35)16-47-31/h5,7-8,13-14,16,28,40H,6,9-12,15H2,1-4H3,(H,36,41)(H,37,42)/t28-,31-/m1/s1. The van der Waals surface area contributed by atoms with Crippen LogP contribution in [0.25, 0.3) is 0 Å². The van der Waals surface area contributed by atoms with Crippen LogP contribution >= 0.6 is 63.7 Å². The number of aliphatic hydroxyl groups is 1. The van der Waals surface area contributed by atoms with Crippen LogP contribution in [-0.4, -0.2) is 87.6 Å². The maximum Gasteiger partial charge on any atom is 0.321 e. The van der Waals surface area contributed by atoms with E-state index in [9.17, 15) is 14.7 Å². The van der Waals surface area contributed by atoms with Crippen molar-refractivity contribution in [1.82, 2.24) is 10.2 Å². The van der Waals surface area contributed by atoms with Crippen molar-refractivity contribution in [3.8, 4) is 17.2 Å². The van der Waals surface area contributed by atoms with Crippen LogP contribution in [0.15, 0.2) is 65.4 Å². The number of urea groups is 1. The van der Waals surface area contributed by atoms with Gasteiger partial charge in [0.15, 0.2) is 23.3 Å². The van der Waals surface area contributed by atoms with Crippen LogP contribution < -0.4 is 24.8 Å². The molecule has 0 aromatic heterocycles. The van der Waals surface area contributed by atoms with E-state index in [1.54, 1.807) is 30.1 Å². The summed E-state index contributed by atoms with van der Waals surface area (Å²) >= 11 is 13.9.